The Morgan fingerprint density at radius 2 is 1.91 bits per heavy atom. The lowest BCUT2D eigenvalue weighted by Gasteiger charge is -2.27. The van der Waals surface area contributed by atoms with Gasteiger partial charge in [-0.3, -0.25) is 4.79 Å². The fraction of sp³-hybridized carbons (Fsp3) is 0.385. The van der Waals surface area contributed by atoms with E-state index in [1.54, 1.807) is 24.3 Å². The summed E-state index contributed by atoms with van der Waals surface area (Å²) < 4.78 is -1.77. The number of thiocarbonyl (C=S) groups is 1. The molecule has 4 nitrogen and oxygen atoms in total. The van der Waals surface area contributed by atoms with Crippen LogP contribution < -0.4 is 16.0 Å². The second-order valence-corrected chi connectivity index (χ2v) is 7.55. The molecule has 1 atom stereocenters. The van der Waals surface area contributed by atoms with Gasteiger partial charge in [-0.1, -0.05) is 65.5 Å². The van der Waals surface area contributed by atoms with Crippen LogP contribution in [0.4, 0.5) is 5.69 Å². The highest BCUT2D eigenvalue weighted by Gasteiger charge is 2.34. The van der Waals surface area contributed by atoms with Gasteiger partial charge in [-0.25, -0.2) is 0 Å². The molecule has 0 bridgehead atoms. The van der Waals surface area contributed by atoms with E-state index in [2.05, 4.69) is 16.0 Å². The lowest BCUT2D eigenvalue weighted by molar-refractivity contribution is -0.121. The number of nitrogens with one attached hydrogen (secondary N) is 3. The van der Waals surface area contributed by atoms with E-state index >= 15 is 0 Å². The highest BCUT2D eigenvalue weighted by molar-refractivity contribution is 7.80. The molecule has 0 saturated heterocycles. The summed E-state index contributed by atoms with van der Waals surface area (Å²) in [5.74, 6) is -0.244. The van der Waals surface area contributed by atoms with Gasteiger partial charge in [-0.05, 0) is 30.8 Å². The Balaban J connectivity index is 2.71. The summed E-state index contributed by atoms with van der Waals surface area (Å²) in [6.07, 6.45) is 0.0312. The first-order valence-corrected chi connectivity index (χ1v) is 8.34. The van der Waals surface area contributed by atoms with Crippen LogP contribution in [0.25, 0.3) is 0 Å². The molecule has 0 fully saturated rings. The molecule has 0 aromatic heterocycles. The van der Waals surface area contributed by atoms with Gasteiger partial charge < -0.3 is 16.0 Å². The van der Waals surface area contributed by atoms with Crippen molar-refractivity contribution < 1.29 is 4.79 Å². The minimum absolute atomic E-state index is 0.168. The predicted octanol–water partition coefficient (Wildman–Crippen LogP) is 4.24. The van der Waals surface area contributed by atoms with E-state index in [-0.39, 0.29) is 11.0 Å². The zero-order valence-corrected chi connectivity index (χ0v) is 15.5. The van der Waals surface area contributed by atoms with Crippen LogP contribution in [0.3, 0.4) is 0 Å². The fourth-order valence-electron chi connectivity index (χ4n) is 1.51. The number of hydrogen-bond acceptors (Lipinski definition) is 2. The summed E-state index contributed by atoms with van der Waals surface area (Å²) in [5, 5.41) is 8.88. The summed E-state index contributed by atoms with van der Waals surface area (Å²) in [4.78, 5) is 11.7. The van der Waals surface area contributed by atoms with Crippen molar-refractivity contribution in [2.45, 2.75) is 29.7 Å². The number of benzene rings is 1. The second kappa shape index (κ2) is 8.99. The van der Waals surface area contributed by atoms with Crippen molar-refractivity contribution in [3.05, 3.63) is 29.3 Å². The standard InChI is InChI=1S/C13H15Cl4N3OS/c1-2-5-10(21)19-11(13(15,16)17)20-12(22)18-9-7-4-3-6-8(9)14/h3-4,6-7,11H,2,5H2,1H3,(H,19,21)(H2,18,20,22)/t11-/m1/s1. The number of carbonyl (C=O) groups is 1. The van der Waals surface area contributed by atoms with Gasteiger partial charge in [0.1, 0.15) is 6.17 Å². The molecule has 1 aromatic rings. The molecule has 0 spiro atoms. The Bertz CT molecular complexity index is 536. The Morgan fingerprint density at radius 1 is 1.27 bits per heavy atom. The molecule has 0 unspecified atom stereocenters. The second-order valence-electron chi connectivity index (χ2n) is 4.37. The van der Waals surface area contributed by atoms with Gasteiger partial charge in [-0.2, -0.15) is 0 Å². The van der Waals surface area contributed by atoms with Crippen LogP contribution in [0.15, 0.2) is 24.3 Å². The monoisotopic (exact) mass is 401 g/mol. The third-order valence-corrected chi connectivity index (χ3v) is 3.71. The van der Waals surface area contributed by atoms with Crippen molar-refractivity contribution in [3.8, 4) is 0 Å². The molecule has 22 heavy (non-hydrogen) atoms. The maximum Gasteiger partial charge on any atom is 0.228 e. The molecule has 0 heterocycles. The van der Waals surface area contributed by atoms with Crippen LogP contribution in [-0.2, 0) is 4.79 Å². The third kappa shape index (κ3) is 6.75. The van der Waals surface area contributed by atoms with Gasteiger partial charge >= 0.3 is 0 Å². The largest absolute Gasteiger partial charge is 0.339 e. The van der Waals surface area contributed by atoms with Gasteiger partial charge in [0.25, 0.3) is 0 Å². The number of rotatable bonds is 5. The number of para-hydroxylation sites is 1. The normalized spacial score (nSPS) is 12.4. The number of hydrogen-bond donors (Lipinski definition) is 3. The van der Waals surface area contributed by atoms with E-state index < -0.39 is 9.96 Å². The SMILES string of the molecule is CCCC(=O)N[C@H](NC(=S)Nc1ccccc1Cl)C(Cl)(Cl)Cl. The van der Waals surface area contributed by atoms with Gasteiger partial charge in [-0.15, -0.1) is 0 Å². The molecular weight excluding hydrogens is 388 g/mol. The summed E-state index contributed by atoms with van der Waals surface area (Å²) in [7, 11) is 0. The van der Waals surface area contributed by atoms with Gasteiger partial charge in [0, 0.05) is 6.42 Å². The third-order valence-electron chi connectivity index (χ3n) is 2.51. The lowest BCUT2D eigenvalue weighted by atomic mass is 10.3. The lowest BCUT2D eigenvalue weighted by Crippen LogP contribution is -2.56. The minimum Gasteiger partial charge on any atom is -0.339 e. The van der Waals surface area contributed by atoms with Crippen molar-refractivity contribution in [2.24, 2.45) is 0 Å². The minimum atomic E-state index is -1.77. The zero-order chi connectivity index (χ0) is 16.8. The topological polar surface area (TPSA) is 53.2 Å². The Hall–Kier alpha value is -0.460. The Labute approximate surface area is 154 Å². The highest BCUT2D eigenvalue weighted by atomic mass is 35.6. The molecule has 3 N–H and O–H groups in total. The first-order valence-electron chi connectivity index (χ1n) is 6.42. The maximum atomic E-state index is 11.7. The summed E-state index contributed by atoms with van der Waals surface area (Å²) >= 11 is 28.8. The van der Waals surface area contributed by atoms with Gasteiger partial charge in [0.05, 0.1) is 10.7 Å². The molecule has 122 valence electrons. The molecule has 0 saturated carbocycles. The quantitative estimate of drug-likeness (QED) is 0.391. The molecule has 0 aliphatic heterocycles. The number of amides is 1. The van der Waals surface area contributed by atoms with E-state index in [9.17, 15) is 4.79 Å². The van der Waals surface area contributed by atoms with Crippen LogP contribution in [0.1, 0.15) is 19.8 Å². The molecule has 1 amide bonds. The van der Waals surface area contributed by atoms with Crippen LogP contribution in [-0.4, -0.2) is 21.0 Å². The van der Waals surface area contributed by atoms with Gasteiger partial charge in [0.15, 0.2) is 5.11 Å². The van der Waals surface area contributed by atoms with Crippen molar-refractivity contribution in [1.82, 2.24) is 10.6 Å². The van der Waals surface area contributed by atoms with E-state index in [1.807, 2.05) is 6.92 Å². The first kappa shape index (κ1) is 19.6. The molecule has 1 aromatic carbocycles. The average molecular weight is 403 g/mol. The number of halogens is 4. The molecule has 9 heteroatoms. The fourth-order valence-corrected chi connectivity index (χ4v) is 2.25. The summed E-state index contributed by atoms with van der Waals surface area (Å²) in [6.45, 7) is 1.88. The Morgan fingerprint density at radius 3 is 2.45 bits per heavy atom. The predicted molar refractivity (Wildman–Crippen MR) is 97.9 cm³/mol. The number of alkyl halides is 3. The van der Waals surface area contributed by atoms with Gasteiger partial charge in [0.2, 0.25) is 9.70 Å². The zero-order valence-electron chi connectivity index (χ0n) is 11.6. The average Bonchev–Trinajstić information content (AvgIpc) is 2.40. The van der Waals surface area contributed by atoms with Crippen LogP contribution in [0.2, 0.25) is 5.02 Å². The molecular formula is C13H15Cl4N3OS. The van der Waals surface area contributed by atoms with Crippen LogP contribution in [0, 0.1) is 0 Å². The van der Waals surface area contributed by atoms with Crippen LogP contribution in [0.5, 0.6) is 0 Å². The van der Waals surface area contributed by atoms with E-state index in [0.29, 0.717) is 23.6 Å². The van der Waals surface area contributed by atoms with E-state index in [1.165, 1.54) is 0 Å². The first-order chi connectivity index (χ1) is 10.2. The van der Waals surface area contributed by atoms with E-state index in [0.717, 1.165) is 0 Å². The molecule has 1 rings (SSSR count). The van der Waals surface area contributed by atoms with Crippen molar-refractivity contribution >= 4 is 75.3 Å². The molecule has 0 aliphatic carbocycles. The van der Waals surface area contributed by atoms with Crippen LogP contribution >= 0.6 is 58.6 Å². The number of anilines is 1. The highest BCUT2D eigenvalue weighted by Crippen LogP contribution is 2.29. The van der Waals surface area contributed by atoms with Crippen molar-refractivity contribution in [3.63, 3.8) is 0 Å². The summed E-state index contributed by atoms with van der Waals surface area (Å²) in [6, 6.07) is 7.05. The molecule has 0 radical (unpaired) electrons. The maximum absolute atomic E-state index is 11.7. The van der Waals surface area contributed by atoms with Crippen molar-refractivity contribution in [1.29, 1.82) is 0 Å². The van der Waals surface area contributed by atoms with Crippen molar-refractivity contribution in [2.75, 3.05) is 5.32 Å². The molecule has 0 aliphatic rings. The number of carbonyl (C=O) groups excluding carboxylic acids is 1. The van der Waals surface area contributed by atoms with E-state index in [4.69, 9.17) is 58.6 Å². The smallest absolute Gasteiger partial charge is 0.228 e. The summed E-state index contributed by atoms with van der Waals surface area (Å²) in [5.41, 5.74) is 0.601. The Kier molecular flexibility index (Phi) is 8.00.